The first-order chi connectivity index (χ1) is 8.72. The summed E-state index contributed by atoms with van der Waals surface area (Å²) in [5, 5.41) is 3.04. The maximum absolute atomic E-state index is 5.72. The highest BCUT2D eigenvalue weighted by Crippen LogP contribution is 2.17. The summed E-state index contributed by atoms with van der Waals surface area (Å²) in [5.41, 5.74) is 1.27. The van der Waals surface area contributed by atoms with Crippen LogP contribution in [0.2, 0.25) is 0 Å². The number of nitrogens with zero attached hydrogens (tertiary/aromatic N) is 2. The van der Waals surface area contributed by atoms with Crippen molar-refractivity contribution in [3.63, 3.8) is 0 Å². The van der Waals surface area contributed by atoms with Crippen LogP contribution in [0.15, 0.2) is 18.3 Å². The lowest BCUT2D eigenvalue weighted by atomic mass is 10.1. The van der Waals surface area contributed by atoms with Gasteiger partial charge in [-0.1, -0.05) is 13.0 Å². The van der Waals surface area contributed by atoms with Gasteiger partial charge in [0.1, 0.15) is 5.82 Å². The highest BCUT2D eigenvalue weighted by molar-refractivity contribution is 5.34. The minimum absolute atomic E-state index is 0.331. The average molecular weight is 249 g/mol. The van der Waals surface area contributed by atoms with Gasteiger partial charge in [0, 0.05) is 32.4 Å². The van der Waals surface area contributed by atoms with E-state index in [9.17, 15) is 0 Å². The molecule has 1 aliphatic rings. The van der Waals surface area contributed by atoms with Crippen LogP contribution < -0.4 is 5.32 Å². The lowest BCUT2D eigenvalue weighted by Gasteiger charge is -2.38. The van der Waals surface area contributed by atoms with Crippen molar-refractivity contribution in [2.45, 2.75) is 39.0 Å². The van der Waals surface area contributed by atoms with Crippen molar-refractivity contribution < 1.29 is 4.74 Å². The van der Waals surface area contributed by atoms with E-state index in [2.05, 4.69) is 35.1 Å². The number of rotatable bonds is 4. The summed E-state index contributed by atoms with van der Waals surface area (Å²) in [6, 6.07) is 4.71. The van der Waals surface area contributed by atoms with Gasteiger partial charge in [-0.2, -0.15) is 0 Å². The van der Waals surface area contributed by atoms with Crippen LogP contribution in [0.1, 0.15) is 25.8 Å². The van der Waals surface area contributed by atoms with E-state index in [0.29, 0.717) is 12.1 Å². The van der Waals surface area contributed by atoms with Crippen LogP contribution in [0, 0.1) is 0 Å². The molecule has 18 heavy (non-hydrogen) atoms. The molecule has 0 amide bonds. The fourth-order valence-corrected chi connectivity index (χ4v) is 2.38. The van der Waals surface area contributed by atoms with Gasteiger partial charge >= 0.3 is 0 Å². The van der Waals surface area contributed by atoms with Crippen LogP contribution in [0.4, 0.5) is 5.82 Å². The van der Waals surface area contributed by atoms with E-state index in [1.54, 1.807) is 0 Å². The Labute approximate surface area is 109 Å². The van der Waals surface area contributed by atoms with Crippen molar-refractivity contribution in [3.05, 3.63) is 23.9 Å². The van der Waals surface area contributed by atoms with E-state index in [1.807, 2.05) is 19.3 Å². The Bertz CT molecular complexity index is 366. The maximum atomic E-state index is 5.72. The summed E-state index contributed by atoms with van der Waals surface area (Å²) in [6.07, 6.45) is 3.42. The molecular weight excluding hydrogens is 226 g/mol. The normalized spacial score (nSPS) is 25.1. The van der Waals surface area contributed by atoms with Gasteiger partial charge in [0.2, 0.25) is 0 Å². The first-order valence-electron chi connectivity index (χ1n) is 6.71. The van der Waals surface area contributed by atoms with E-state index in [0.717, 1.165) is 31.9 Å². The van der Waals surface area contributed by atoms with Crippen molar-refractivity contribution >= 4 is 5.82 Å². The highest BCUT2D eigenvalue weighted by atomic mass is 16.5. The zero-order chi connectivity index (χ0) is 13.0. The number of anilines is 1. The lowest BCUT2D eigenvalue weighted by molar-refractivity contribution is -0.0592. The van der Waals surface area contributed by atoms with Gasteiger partial charge in [0.05, 0.1) is 12.7 Å². The Morgan fingerprint density at radius 2 is 2.33 bits per heavy atom. The molecule has 0 spiro atoms. The van der Waals surface area contributed by atoms with E-state index in [-0.39, 0.29) is 0 Å². The number of morpholine rings is 1. The summed E-state index contributed by atoms with van der Waals surface area (Å²) in [4.78, 5) is 6.87. The third-order valence-corrected chi connectivity index (χ3v) is 3.52. The quantitative estimate of drug-likeness (QED) is 0.887. The molecule has 2 unspecified atom stereocenters. The highest BCUT2D eigenvalue weighted by Gasteiger charge is 2.25. The minimum Gasteiger partial charge on any atom is -0.376 e. The van der Waals surface area contributed by atoms with Crippen LogP contribution >= 0.6 is 0 Å². The van der Waals surface area contributed by atoms with Crippen LogP contribution in [0.5, 0.6) is 0 Å². The summed E-state index contributed by atoms with van der Waals surface area (Å²) in [6.45, 7) is 7.18. The monoisotopic (exact) mass is 249 g/mol. The van der Waals surface area contributed by atoms with Gasteiger partial charge in [-0.3, -0.25) is 4.90 Å². The van der Waals surface area contributed by atoms with Gasteiger partial charge in [0.25, 0.3) is 0 Å². The molecule has 0 bridgehead atoms. The zero-order valence-electron chi connectivity index (χ0n) is 11.5. The fourth-order valence-electron chi connectivity index (χ4n) is 2.38. The van der Waals surface area contributed by atoms with Gasteiger partial charge in [-0.25, -0.2) is 4.98 Å². The molecule has 1 N–H and O–H groups in total. The molecular formula is C14H23N3O. The molecule has 1 aliphatic heterocycles. The van der Waals surface area contributed by atoms with Crippen molar-refractivity contribution in [1.82, 2.24) is 9.88 Å². The van der Waals surface area contributed by atoms with Crippen LogP contribution in [-0.4, -0.2) is 42.2 Å². The minimum atomic E-state index is 0.331. The second-order valence-electron chi connectivity index (χ2n) is 4.94. The number of hydrogen-bond donors (Lipinski definition) is 1. The van der Waals surface area contributed by atoms with E-state index in [4.69, 9.17) is 4.74 Å². The maximum Gasteiger partial charge on any atom is 0.125 e. The Balaban J connectivity index is 2.01. The van der Waals surface area contributed by atoms with Gasteiger partial charge in [-0.15, -0.1) is 0 Å². The van der Waals surface area contributed by atoms with Crippen molar-refractivity contribution in [2.75, 3.05) is 25.5 Å². The lowest BCUT2D eigenvalue weighted by Crippen LogP contribution is -2.47. The second-order valence-corrected chi connectivity index (χ2v) is 4.94. The van der Waals surface area contributed by atoms with Gasteiger partial charge in [-0.05, 0) is 25.0 Å². The third-order valence-electron chi connectivity index (χ3n) is 3.52. The molecule has 1 aromatic heterocycles. The standard InChI is InChI=1S/C14H23N3O/c1-4-13-10-18-11(2)8-17(13)9-12-5-6-14(15-3)16-7-12/h5-7,11,13H,4,8-10H2,1-3H3,(H,15,16). The molecule has 0 aliphatic carbocycles. The molecule has 1 saturated heterocycles. The van der Waals surface area contributed by atoms with E-state index >= 15 is 0 Å². The molecule has 0 radical (unpaired) electrons. The Morgan fingerprint density at radius 3 is 2.94 bits per heavy atom. The predicted octanol–water partition coefficient (Wildman–Crippen LogP) is 2.12. The molecule has 0 saturated carbocycles. The summed E-state index contributed by atoms with van der Waals surface area (Å²) < 4.78 is 5.72. The van der Waals surface area contributed by atoms with Crippen molar-refractivity contribution in [1.29, 1.82) is 0 Å². The number of pyridine rings is 1. The largest absolute Gasteiger partial charge is 0.376 e. The predicted molar refractivity (Wildman–Crippen MR) is 73.7 cm³/mol. The Morgan fingerprint density at radius 1 is 1.50 bits per heavy atom. The average Bonchev–Trinajstić information content (AvgIpc) is 2.40. The third kappa shape index (κ3) is 3.21. The molecule has 4 heteroatoms. The number of ether oxygens (including phenoxy) is 1. The van der Waals surface area contributed by atoms with E-state index in [1.165, 1.54) is 5.56 Å². The first-order valence-corrected chi connectivity index (χ1v) is 6.71. The zero-order valence-corrected chi connectivity index (χ0v) is 11.5. The molecule has 1 fully saturated rings. The second kappa shape index (κ2) is 6.16. The Hall–Kier alpha value is -1.13. The fraction of sp³-hybridized carbons (Fsp3) is 0.643. The summed E-state index contributed by atoms with van der Waals surface area (Å²) in [7, 11) is 1.89. The van der Waals surface area contributed by atoms with Crippen molar-refractivity contribution in [2.24, 2.45) is 0 Å². The topological polar surface area (TPSA) is 37.4 Å². The molecule has 0 aromatic carbocycles. The molecule has 2 heterocycles. The van der Waals surface area contributed by atoms with Gasteiger partial charge in [0.15, 0.2) is 0 Å². The van der Waals surface area contributed by atoms with E-state index < -0.39 is 0 Å². The molecule has 100 valence electrons. The molecule has 2 atom stereocenters. The smallest absolute Gasteiger partial charge is 0.125 e. The number of aromatic nitrogens is 1. The molecule has 1 aromatic rings. The van der Waals surface area contributed by atoms with Crippen LogP contribution in [0.25, 0.3) is 0 Å². The molecule has 4 nitrogen and oxygen atoms in total. The first kappa shape index (κ1) is 13.3. The SMILES string of the molecule is CCC1COC(C)CN1Cc1ccc(NC)nc1. The summed E-state index contributed by atoms with van der Waals surface area (Å²) in [5.74, 6) is 0.918. The van der Waals surface area contributed by atoms with Crippen LogP contribution in [-0.2, 0) is 11.3 Å². The van der Waals surface area contributed by atoms with Gasteiger partial charge < -0.3 is 10.1 Å². The number of hydrogen-bond acceptors (Lipinski definition) is 4. The summed E-state index contributed by atoms with van der Waals surface area (Å²) >= 11 is 0. The Kier molecular flexibility index (Phi) is 4.55. The number of nitrogens with one attached hydrogen (secondary N) is 1. The van der Waals surface area contributed by atoms with Crippen LogP contribution in [0.3, 0.4) is 0 Å². The molecule has 2 rings (SSSR count). The van der Waals surface area contributed by atoms with Crippen molar-refractivity contribution in [3.8, 4) is 0 Å².